The summed E-state index contributed by atoms with van der Waals surface area (Å²) in [7, 11) is 2.04. The molecule has 0 spiro atoms. The molecule has 0 bridgehead atoms. The normalized spacial score (nSPS) is 14.5. The smallest absolute Gasteiger partial charge is 0.205 e. The van der Waals surface area contributed by atoms with Crippen LogP contribution in [0.15, 0.2) is 16.5 Å². The predicted molar refractivity (Wildman–Crippen MR) is 63.6 cm³/mol. The first kappa shape index (κ1) is 9.73. The number of carbonyl (C=O) groups is 1. The van der Waals surface area contributed by atoms with Gasteiger partial charge in [-0.2, -0.15) is 0 Å². The van der Waals surface area contributed by atoms with Crippen molar-refractivity contribution in [2.45, 2.75) is 6.42 Å². The lowest BCUT2D eigenvalue weighted by atomic mass is 10.0. The van der Waals surface area contributed by atoms with Crippen LogP contribution in [0, 0.1) is 0 Å². The number of fused-ring (bicyclic) bond motifs is 3. The van der Waals surface area contributed by atoms with E-state index in [1.165, 1.54) is 0 Å². The third-order valence-corrected chi connectivity index (χ3v) is 3.44. The first-order valence-corrected chi connectivity index (χ1v) is 5.50. The van der Waals surface area contributed by atoms with Crippen molar-refractivity contribution < 1.29 is 9.21 Å². The van der Waals surface area contributed by atoms with Gasteiger partial charge in [-0.1, -0.05) is 0 Å². The second-order valence-corrected chi connectivity index (χ2v) is 4.36. The number of benzene rings is 1. The molecule has 16 heavy (non-hydrogen) atoms. The van der Waals surface area contributed by atoms with Crippen LogP contribution in [0.3, 0.4) is 0 Å². The van der Waals surface area contributed by atoms with Gasteiger partial charge in [-0.3, -0.25) is 4.79 Å². The molecule has 1 aliphatic rings. The van der Waals surface area contributed by atoms with Crippen molar-refractivity contribution in [3.05, 3.63) is 28.5 Å². The fourth-order valence-electron chi connectivity index (χ4n) is 2.36. The summed E-state index contributed by atoms with van der Waals surface area (Å²) < 4.78 is 5.37. The van der Waals surface area contributed by atoms with Gasteiger partial charge in [0.1, 0.15) is 5.58 Å². The maximum Gasteiger partial charge on any atom is 0.205 e. The van der Waals surface area contributed by atoms with E-state index in [1.807, 2.05) is 19.2 Å². The van der Waals surface area contributed by atoms with Crippen LogP contribution in [0.25, 0.3) is 11.0 Å². The van der Waals surface area contributed by atoms with Crippen molar-refractivity contribution in [3.8, 4) is 0 Å². The Bertz CT molecular complexity index is 588. The van der Waals surface area contributed by atoms with E-state index in [2.05, 4.69) is 4.90 Å². The van der Waals surface area contributed by atoms with E-state index in [9.17, 15) is 4.79 Å². The van der Waals surface area contributed by atoms with E-state index in [1.54, 1.807) is 0 Å². The molecule has 0 unspecified atom stereocenters. The van der Waals surface area contributed by atoms with Gasteiger partial charge in [0.2, 0.25) is 5.22 Å². The number of aldehydes is 1. The van der Waals surface area contributed by atoms with Crippen LogP contribution >= 0.6 is 11.6 Å². The Balaban J connectivity index is 2.43. The monoisotopic (exact) mass is 235 g/mol. The van der Waals surface area contributed by atoms with Gasteiger partial charge in [0.15, 0.2) is 6.29 Å². The molecule has 82 valence electrons. The standard InChI is InChI=1S/C12H10ClNO2/c1-14-5-4-7-9(14)2-3-10-11(7)8(6-15)12(13)16-10/h2-3,6H,4-5H2,1H3. The highest BCUT2D eigenvalue weighted by molar-refractivity contribution is 6.33. The Morgan fingerprint density at radius 2 is 2.31 bits per heavy atom. The van der Waals surface area contributed by atoms with Crippen molar-refractivity contribution in [2.75, 3.05) is 18.5 Å². The molecule has 0 aliphatic carbocycles. The minimum Gasteiger partial charge on any atom is -0.444 e. The third-order valence-electron chi connectivity index (χ3n) is 3.16. The molecule has 0 saturated carbocycles. The Morgan fingerprint density at radius 1 is 1.50 bits per heavy atom. The molecule has 0 N–H and O–H groups in total. The zero-order valence-corrected chi connectivity index (χ0v) is 9.54. The summed E-state index contributed by atoms with van der Waals surface area (Å²) in [4.78, 5) is 13.2. The van der Waals surface area contributed by atoms with Crippen molar-refractivity contribution in [2.24, 2.45) is 0 Å². The molecule has 4 heteroatoms. The van der Waals surface area contributed by atoms with Gasteiger partial charge in [0.25, 0.3) is 0 Å². The van der Waals surface area contributed by atoms with Crippen LogP contribution in [0.4, 0.5) is 5.69 Å². The SMILES string of the molecule is CN1CCc2c1ccc1oc(Cl)c(C=O)c21. The third kappa shape index (κ3) is 1.12. The zero-order chi connectivity index (χ0) is 11.3. The predicted octanol–water partition coefficient (Wildman–Crippen LogP) is 2.89. The van der Waals surface area contributed by atoms with Gasteiger partial charge in [-0.25, -0.2) is 0 Å². The fraction of sp³-hybridized carbons (Fsp3) is 0.250. The van der Waals surface area contributed by atoms with Crippen molar-refractivity contribution >= 4 is 34.5 Å². The van der Waals surface area contributed by atoms with Crippen molar-refractivity contribution in [1.29, 1.82) is 0 Å². The lowest BCUT2D eigenvalue weighted by Gasteiger charge is -2.11. The summed E-state index contributed by atoms with van der Waals surface area (Å²) in [5.74, 6) is 0. The summed E-state index contributed by atoms with van der Waals surface area (Å²) in [6.07, 6.45) is 1.70. The molecule has 3 nitrogen and oxygen atoms in total. The van der Waals surface area contributed by atoms with Crippen LogP contribution in [-0.4, -0.2) is 19.9 Å². The topological polar surface area (TPSA) is 33.5 Å². The minimum absolute atomic E-state index is 0.188. The highest BCUT2D eigenvalue weighted by atomic mass is 35.5. The molecule has 1 aromatic carbocycles. The van der Waals surface area contributed by atoms with Crippen molar-refractivity contribution in [3.63, 3.8) is 0 Å². The van der Waals surface area contributed by atoms with E-state index in [-0.39, 0.29) is 5.22 Å². The summed E-state index contributed by atoms with van der Waals surface area (Å²) in [5, 5.41) is 1.06. The second kappa shape index (κ2) is 3.25. The van der Waals surface area contributed by atoms with Crippen LogP contribution in [0.1, 0.15) is 15.9 Å². The quantitative estimate of drug-likeness (QED) is 0.713. The average molecular weight is 236 g/mol. The van der Waals surface area contributed by atoms with Gasteiger partial charge >= 0.3 is 0 Å². The summed E-state index contributed by atoms with van der Waals surface area (Å²) in [5.41, 5.74) is 3.50. The molecule has 0 radical (unpaired) electrons. The molecule has 0 atom stereocenters. The lowest BCUT2D eigenvalue weighted by molar-refractivity contribution is 0.112. The maximum atomic E-state index is 11.0. The molecular weight excluding hydrogens is 226 g/mol. The number of anilines is 1. The molecule has 2 heterocycles. The number of carbonyl (C=O) groups excluding carboxylic acids is 1. The maximum absolute atomic E-state index is 11.0. The summed E-state index contributed by atoms with van der Waals surface area (Å²) in [6, 6.07) is 3.88. The zero-order valence-electron chi connectivity index (χ0n) is 8.79. The van der Waals surface area contributed by atoms with Crippen LogP contribution < -0.4 is 4.90 Å². The van der Waals surface area contributed by atoms with E-state index in [0.29, 0.717) is 11.1 Å². The molecule has 0 saturated heterocycles. The average Bonchev–Trinajstić information content (AvgIpc) is 2.78. The molecule has 1 aliphatic heterocycles. The van der Waals surface area contributed by atoms with Gasteiger partial charge < -0.3 is 9.32 Å². The highest BCUT2D eigenvalue weighted by Crippen LogP contribution is 2.38. The molecule has 0 fully saturated rings. The number of furan rings is 1. The Hall–Kier alpha value is -1.48. The van der Waals surface area contributed by atoms with Gasteiger partial charge in [-0.15, -0.1) is 0 Å². The van der Waals surface area contributed by atoms with Gasteiger partial charge in [0, 0.05) is 24.7 Å². The van der Waals surface area contributed by atoms with E-state index >= 15 is 0 Å². The van der Waals surface area contributed by atoms with Crippen LogP contribution in [-0.2, 0) is 6.42 Å². The van der Waals surface area contributed by atoms with Crippen LogP contribution in [0.2, 0.25) is 5.22 Å². The number of likely N-dealkylation sites (N-methyl/N-ethyl adjacent to an activating group) is 1. The molecule has 2 aromatic rings. The Kier molecular flexibility index (Phi) is 1.98. The second-order valence-electron chi connectivity index (χ2n) is 4.02. The first-order valence-electron chi connectivity index (χ1n) is 5.12. The van der Waals surface area contributed by atoms with Gasteiger partial charge in [0.05, 0.1) is 5.56 Å². The molecular formula is C12H10ClNO2. The lowest BCUT2D eigenvalue weighted by Crippen LogP contribution is -2.12. The largest absolute Gasteiger partial charge is 0.444 e. The minimum atomic E-state index is 0.188. The van der Waals surface area contributed by atoms with E-state index in [0.717, 1.165) is 35.9 Å². The highest BCUT2D eigenvalue weighted by Gasteiger charge is 2.23. The number of rotatable bonds is 1. The molecule has 3 rings (SSSR count). The Morgan fingerprint density at radius 3 is 3.06 bits per heavy atom. The fourth-order valence-corrected chi connectivity index (χ4v) is 2.58. The summed E-state index contributed by atoms with van der Waals surface area (Å²) in [6.45, 7) is 0.968. The number of nitrogens with zero attached hydrogens (tertiary/aromatic N) is 1. The van der Waals surface area contributed by atoms with Gasteiger partial charge in [-0.05, 0) is 35.7 Å². The molecule has 0 amide bonds. The van der Waals surface area contributed by atoms with E-state index < -0.39 is 0 Å². The summed E-state index contributed by atoms with van der Waals surface area (Å²) >= 11 is 5.89. The van der Waals surface area contributed by atoms with Crippen LogP contribution in [0.5, 0.6) is 0 Å². The number of hydrogen-bond donors (Lipinski definition) is 0. The molecule has 1 aromatic heterocycles. The number of halogens is 1. The van der Waals surface area contributed by atoms with E-state index in [4.69, 9.17) is 16.0 Å². The number of hydrogen-bond acceptors (Lipinski definition) is 3. The first-order chi connectivity index (χ1) is 7.72. The van der Waals surface area contributed by atoms with Crippen molar-refractivity contribution in [1.82, 2.24) is 0 Å². The Labute approximate surface area is 97.6 Å².